The quantitative estimate of drug-likeness (QED) is 0.508. The smallest absolute Gasteiger partial charge is 0.270 e. The number of hydrogen-bond donors (Lipinski definition) is 2. The predicted octanol–water partition coefficient (Wildman–Crippen LogP) is 2.63. The second-order valence-corrected chi connectivity index (χ2v) is 6.18. The van der Waals surface area contributed by atoms with Crippen LogP contribution in [0.25, 0.3) is 0 Å². The molecule has 0 spiro atoms. The number of non-ortho nitro benzene ring substituents is 1. The third-order valence-corrected chi connectivity index (χ3v) is 4.25. The minimum absolute atomic E-state index is 0.0878. The Hall–Kier alpha value is -2.32. The molecule has 9 heteroatoms. The summed E-state index contributed by atoms with van der Waals surface area (Å²) in [5.74, 6) is 0. The van der Waals surface area contributed by atoms with Gasteiger partial charge in [0.05, 0.1) is 16.3 Å². The second kappa shape index (κ2) is 5.58. The number of nitrogens with zero attached hydrogens (tertiary/aromatic N) is 1. The van der Waals surface area contributed by atoms with Crippen molar-refractivity contribution in [2.24, 2.45) is 0 Å². The van der Waals surface area contributed by atoms with Gasteiger partial charge in [-0.05, 0) is 24.3 Å². The molecule has 0 amide bonds. The molecule has 0 aliphatic carbocycles. The summed E-state index contributed by atoms with van der Waals surface area (Å²) in [7, 11) is -4.05. The molecule has 0 unspecified atom stereocenters. The summed E-state index contributed by atoms with van der Waals surface area (Å²) in [6, 6.07) is 9.27. The molecule has 0 fully saturated rings. The minimum atomic E-state index is -4.05. The van der Waals surface area contributed by atoms with E-state index < -0.39 is 14.9 Å². The first-order chi connectivity index (χ1) is 9.79. The van der Waals surface area contributed by atoms with Gasteiger partial charge in [-0.3, -0.25) is 14.8 Å². The number of benzene rings is 2. The number of nitro groups is 1. The molecule has 0 aromatic heterocycles. The van der Waals surface area contributed by atoms with Crippen molar-refractivity contribution < 1.29 is 13.3 Å². The van der Waals surface area contributed by atoms with Crippen LogP contribution < -0.4 is 10.5 Å². The predicted molar refractivity (Wildman–Crippen MR) is 79.8 cm³/mol. The monoisotopic (exact) mass is 327 g/mol. The van der Waals surface area contributed by atoms with E-state index in [-0.39, 0.29) is 22.0 Å². The van der Waals surface area contributed by atoms with E-state index in [9.17, 15) is 18.5 Å². The fourth-order valence-corrected chi connectivity index (χ4v) is 3.02. The van der Waals surface area contributed by atoms with E-state index >= 15 is 0 Å². The van der Waals surface area contributed by atoms with Crippen LogP contribution in [0, 0.1) is 10.1 Å². The van der Waals surface area contributed by atoms with Crippen LogP contribution in [-0.4, -0.2) is 13.3 Å². The molecular weight excluding hydrogens is 318 g/mol. The molecule has 0 saturated carbocycles. The van der Waals surface area contributed by atoms with Gasteiger partial charge in [-0.2, -0.15) is 0 Å². The number of rotatable bonds is 4. The molecule has 2 rings (SSSR count). The summed E-state index contributed by atoms with van der Waals surface area (Å²) in [6.07, 6.45) is 0. The van der Waals surface area contributed by atoms with Gasteiger partial charge >= 0.3 is 0 Å². The summed E-state index contributed by atoms with van der Waals surface area (Å²) in [4.78, 5) is 9.67. The third-order valence-electron chi connectivity index (χ3n) is 2.57. The summed E-state index contributed by atoms with van der Waals surface area (Å²) >= 11 is 5.77. The highest BCUT2D eigenvalue weighted by Gasteiger charge is 2.21. The van der Waals surface area contributed by atoms with Gasteiger partial charge < -0.3 is 5.73 Å². The van der Waals surface area contributed by atoms with Gasteiger partial charge in [-0.1, -0.05) is 17.7 Å². The standard InChI is InChI=1S/C12H10ClN3O4S/c13-8-2-1-3-9(6-8)15-21(19,20)12-7-10(16(17)18)4-5-11(12)14/h1-7,15H,14H2. The Morgan fingerprint density at radius 2 is 1.90 bits per heavy atom. The van der Waals surface area contributed by atoms with Crippen LogP contribution in [0.2, 0.25) is 5.02 Å². The highest BCUT2D eigenvalue weighted by Crippen LogP contribution is 2.26. The Morgan fingerprint density at radius 1 is 1.19 bits per heavy atom. The number of halogens is 1. The lowest BCUT2D eigenvalue weighted by atomic mass is 10.3. The molecule has 3 N–H and O–H groups in total. The first-order valence-electron chi connectivity index (χ1n) is 5.62. The molecule has 2 aromatic rings. The lowest BCUT2D eigenvalue weighted by Gasteiger charge is -2.10. The topological polar surface area (TPSA) is 115 Å². The third kappa shape index (κ3) is 3.41. The van der Waals surface area contributed by atoms with Crippen LogP contribution in [0.15, 0.2) is 47.4 Å². The summed E-state index contributed by atoms with van der Waals surface area (Å²) in [5, 5.41) is 11.1. The minimum Gasteiger partial charge on any atom is -0.398 e. The van der Waals surface area contributed by atoms with E-state index in [1.807, 2.05) is 0 Å². The van der Waals surface area contributed by atoms with Crippen LogP contribution in [0.4, 0.5) is 17.1 Å². The van der Waals surface area contributed by atoms with Crippen molar-refractivity contribution in [2.75, 3.05) is 10.5 Å². The largest absolute Gasteiger partial charge is 0.398 e. The normalized spacial score (nSPS) is 11.1. The molecule has 0 bridgehead atoms. The van der Waals surface area contributed by atoms with Gasteiger partial charge in [0.2, 0.25) is 0 Å². The maximum absolute atomic E-state index is 12.3. The van der Waals surface area contributed by atoms with Gasteiger partial charge in [0, 0.05) is 17.2 Å². The summed E-state index contributed by atoms with van der Waals surface area (Å²) in [6.45, 7) is 0. The lowest BCUT2D eigenvalue weighted by Crippen LogP contribution is -2.15. The Kier molecular flexibility index (Phi) is 4.01. The Morgan fingerprint density at radius 3 is 2.52 bits per heavy atom. The zero-order valence-corrected chi connectivity index (χ0v) is 12.1. The fraction of sp³-hybridized carbons (Fsp3) is 0. The highest BCUT2D eigenvalue weighted by molar-refractivity contribution is 7.92. The number of anilines is 2. The van der Waals surface area contributed by atoms with Crippen molar-refractivity contribution in [3.8, 4) is 0 Å². The van der Waals surface area contributed by atoms with Gasteiger partial charge in [0.15, 0.2) is 0 Å². The first kappa shape index (κ1) is 15.1. The van der Waals surface area contributed by atoms with Gasteiger partial charge in [0.25, 0.3) is 15.7 Å². The second-order valence-electron chi connectivity index (χ2n) is 4.10. The average molecular weight is 328 g/mol. The zero-order chi connectivity index (χ0) is 15.6. The molecule has 0 heterocycles. The van der Waals surface area contributed by atoms with E-state index in [2.05, 4.69) is 4.72 Å². The zero-order valence-electron chi connectivity index (χ0n) is 10.5. The van der Waals surface area contributed by atoms with Crippen LogP contribution >= 0.6 is 11.6 Å². The lowest BCUT2D eigenvalue weighted by molar-refractivity contribution is -0.385. The summed E-state index contributed by atoms with van der Waals surface area (Å²) in [5.41, 5.74) is 5.37. The molecule has 0 aliphatic heterocycles. The van der Waals surface area contributed by atoms with E-state index in [4.69, 9.17) is 17.3 Å². The molecule has 0 radical (unpaired) electrons. The molecule has 0 atom stereocenters. The molecule has 7 nitrogen and oxygen atoms in total. The van der Waals surface area contributed by atoms with Crippen molar-refractivity contribution >= 4 is 38.7 Å². The van der Waals surface area contributed by atoms with E-state index in [1.165, 1.54) is 18.2 Å². The molecule has 110 valence electrons. The van der Waals surface area contributed by atoms with Crippen LogP contribution in [0.5, 0.6) is 0 Å². The Balaban J connectivity index is 2.44. The van der Waals surface area contributed by atoms with E-state index in [1.54, 1.807) is 12.1 Å². The molecule has 0 aliphatic rings. The highest BCUT2D eigenvalue weighted by atomic mass is 35.5. The SMILES string of the molecule is Nc1ccc([N+](=O)[O-])cc1S(=O)(=O)Nc1cccc(Cl)c1. The number of hydrogen-bond acceptors (Lipinski definition) is 5. The Labute approximate surface area is 125 Å². The fourth-order valence-electron chi connectivity index (χ4n) is 1.63. The Bertz CT molecular complexity index is 808. The van der Waals surface area contributed by atoms with Crippen molar-refractivity contribution in [3.05, 3.63) is 57.6 Å². The average Bonchev–Trinajstić information content (AvgIpc) is 2.38. The molecule has 2 aromatic carbocycles. The van der Waals surface area contributed by atoms with Crippen molar-refractivity contribution in [1.29, 1.82) is 0 Å². The number of sulfonamides is 1. The maximum Gasteiger partial charge on any atom is 0.270 e. The number of nitrogens with one attached hydrogen (secondary N) is 1. The van der Waals surface area contributed by atoms with Gasteiger partial charge in [-0.15, -0.1) is 0 Å². The molecule has 21 heavy (non-hydrogen) atoms. The molecular formula is C12H10ClN3O4S. The van der Waals surface area contributed by atoms with Gasteiger partial charge in [0.1, 0.15) is 4.90 Å². The first-order valence-corrected chi connectivity index (χ1v) is 7.48. The molecule has 0 saturated heterocycles. The van der Waals surface area contributed by atoms with Crippen molar-refractivity contribution in [2.45, 2.75) is 4.90 Å². The van der Waals surface area contributed by atoms with Gasteiger partial charge in [-0.25, -0.2) is 8.42 Å². The number of nitro benzene ring substituents is 1. The maximum atomic E-state index is 12.3. The number of nitrogen functional groups attached to an aromatic ring is 1. The summed E-state index contributed by atoms with van der Waals surface area (Å²) < 4.78 is 26.8. The number of nitrogens with two attached hydrogens (primary N) is 1. The van der Waals surface area contributed by atoms with Crippen LogP contribution in [0.3, 0.4) is 0 Å². The van der Waals surface area contributed by atoms with Crippen LogP contribution in [-0.2, 0) is 10.0 Å². The van der Waals surface area contributed by atoms with Crippen LogP contribution in [0.1, 0.15) is 0 Å². The van der Waals surface area contributed by atoms with E-state index in [0.29, 0.717) is 5.02 Å². The van der Waals surface area contributed by atoms with E-state index in [0.717, 1.165) is 12.1 Å². The van der Waals surface area contributed by atoms with Crippen molar-refractivity contribution in [1.82, 2.24) is 0 Å². The van der Waals surface area contributed by atoms with Crippen molar-refractivity contribution in [3.63, 3.8) is 0 Å².